The Morgan fingerprint density at radius 1 is 1.07 bits per heavy atom. The lowest BCUT2D eigenvalue weighted by molar-refractivity contribution is 0.250. The van der Waals surface area contributed by atoms with Gasteiger partial charge in [-0.05, 0) is 62.2 Å². The van der Waals surface area contributed by atoms with Crippen molar-refractivity contribution in [1.29, 1.82) is 0 Å². The van der Waals surface area contributed by atoms with Gasteiger partial charge in [-0.25, -0.2) is 0 Å². The molecular formula is C24H29N5. The van der Waals surface area contributed by atoms with Crippen LogP contribution in [0.1, 0.15) is 35.8 Å². The van der Waals surface area contributed by atoms with Gasteiger partial charge in [0.1, 0.15) is 0 Å². The van der Waals surface area contributed by atoms with E-state index < -0.39 is 0 Å². The van der Waals surface area contributed by atoms with E-state index in [-0.39, 0.29) is 0 Å². The summed E-state index contributed by atoms with van der Waals surface area (Å²) in [6, 6.07) is 15.8. The molecule has 0 spiro atoms. The van der Waals surface area contributed by atoms with Gasteiger partial charge in [-0.3, -0.25) is 14.9 Å². The Morgan fingerprint density at radius 2 is 1.97 bits per heavy atom. The first-order valence-electron chi connectivity index (χ1n) is 10.8. The van der Waals surface area contributed by atoms with E-state index >= 15 is 0 Å². The maximum atomic E-state index is 4.80. The van der Waals surface area contributed by atoms with Crippen molar-refractivity contribution in [3.05, 3.63) is 65.6 Å². The smallest absolute Gasteiger partial charge is 0.0702 e. The SMILES string of the molecule is Cc1cc(N2CCN(Cc3ccc4ncccc4c3)CC2)cc(C2CCCN2)n1. The highest BCUT2D eigenvalue weighted by Crippen LogP contribution is 2.27. The van der Waals surface area contributed by atoms with Crippen LogP contribution >= 0.6 is 0 Å². The number of rotatable bonds is 4. The molecule has 5 nitrogen and oxygen atoms in total. The maximum absolute atomic E-state index is 4.80. The molecule has 3 aromatic rings. The molecule has 0 amide bonds. The van der Waals surface area contributed by atoms with Gasteiger partial charge in [-0.1, -0.05) is 12.1 Å². The summed E-state index contributed by atoms with van der Waals surface area (Å²) in [5.41, 5.74) is 6.11. The van der Waals surface area contributed by atoms with Crippen LogP contribution in [0.15, 0.2) is 48.7 Å². The van der Waals surface area contributed by atoms with Crippen LogP contribution in [0, 0.1) is 6.92 Å². The van der Waals surface area contributed by atoms with Crippen molar-refractivity contribution in [2.24, 2.45) is 0 Å². The fourth-order valence-corrected chi connectivity index (χ4v) is 4.62. The van der Waals surface area contributed by atoms with Crippen LogP contribution in [-0.2, 0) is 6.54 Å². The lowest BCUT2D eigenvalue weighted by Gasteiger charge is -2.36. The minimum atomic E-state index is 0.428. The van der Waals surface area contributed by atoms with Crippen molar-refractivity contribution in [1.82, 2.24) is 20.2 Å². The number of aromatic nitrogens is 2. The quantitative estimate of drug-likeness (QED) is 0.740. The second-order valence-corrected chi connectivity index (χ2v) is 8.33. The van der Waals surface area contributed by atoms with Gasteiger partial charge in [-0.2, -0.15) is 0 Å². The van der Waals surface area contributed by atoms with Gasteiger partial charge in [0.15, 0.2) is 0 Å². The predicted octanol–water partition coefficient (Wildman–Crippen LogP) is 3.68. The molecule has 2 fully saturated rings. The first-order chi connectivity index (χ1) is 14.2. The molecule has 1 unspecified atom stereocenters. The van der Waals surface area contributed by atoms with Gasteiger partial charge in [0.25, 0.3) is 0 Å². The summed E-state index contributed by atoms with van der Waals surface area (Å²) in [5.74, 6) is 0. The van der Waals surface area contributed by atoms with E-state index in [0.717, 1.165) is 50.5 Å². The molecule has 1 N–H and O–H groups in total. The van der Waals surface area contributed by atoms with Crippen LogP contribution in [0.5, 0.6) is 0 Å². The number of piperazine rings is 1. The predicted molar refractivity (Wildman–Crippen MR) is 118 cm³/mol. The number of aryl methyl sites for hydroxylation is 1. The summed E-state index contributed by atoms with van der Waals surface area (Å²) in [6.45, 7) is 8.54. The molecule has 0 aliphatic carbocycles. The second kappa shape index (κ2) is 8.09. The van der Waals surface area contributed by atoms with E-state index in [4.69, 9.17) is 4.98 Å². The van der Waals surface area contributed by atoms with Crippen LogP contribution < -0.4 is 10.2 Å². The van der Waals surface area contributed by atoms with E-state index in [1.54, 1.807) is 0 Å². The fraction of sp³-hybridized carbons (Fsp3) is 0.417. The van der Waals surface area contributed by atoms with Gasteiger partial charge >= 0.3 is 0 Å². The van der Waals surface area contributed by atoms with Gasteiger partial charge < -0.3 is 10.2 Å². The van der Waals surface area contributed by atoms with Gasteiger partial charge in [0.2, 0.25) is 0 Å². The number of anilines is 1. The first-order valence-corrected chi connectivity index (χ1v) is 10.8. The molecule has 5 heteroatoms. The lowest BCUT2D eigenvalue weighted by atomic mass is 10.1. The Bertz CT molecular complexity index is 987. The molecule has 2 aromatic heterocycles. The zero-order chi connectivity index (χ0) is 19.6. The second-order valence-electron chi connectivity index (χ2n) is 8.33. The lowest BCUT2D eigenvalue weighted by Crippen LogP contribution is -2.46. The number of fused-ring (bicyclic) bond motifs is 1. The highest BCUT2D eigenvalue weighted by molar-refractivity contribution is 5.78. The molecule has 0 bridgehead atoms. The zero-order valence-electron chi connectivity index (χ0n) is 17.1. The summed E-state index contributed by atoms with van der Waals surface area (Å²) in [5, 5.41) is 4.81. The monoisotopic (exact) mass is 387 g/mol. The van der Waals surface area contributed by atoms with E-state index in [1.165, 1.54) is 35.2 Å². The van der Waals surface area contributed by atoms with E-state index in [1.807, 2.05) is 12.3 Å². The largest absolute Gasteiger partial charge is 0.369 e. The maximum Gasteiger partial charge on any atom is 0.0702 e. The highest BCUT2D eigenvalue weighted by Gasteiger charge is 2.22. The van der Waals surface area contributed by atoms with Crippen molar-refractivity contribution in [2.45, 2.75) is 32.4 Å². The molecular weight excluding hydrogens is 358 g/mol. The standard InChI is InChI=1S/C24H29N5/c1-18-14-21(16-24(27-18)23-5-3-9-26-23)29-12-10-28(11-13-29)17-19-6-7-22-20(15-19)4-2-8-25-22/h2,4,6-8,14-16,23,26H,3,5,9-13,17H2,1H3. The molecule has 1 aromatic carbocycles. The van der Waals surface area contributed by atoms with Crippen LogP contribution in [0.25, 0.3) is 10.9 Å². The molecule has 0 saturated carbocycles. The first kappa shape index (κ1) is 18.5. The number of pyridine rings is 2. The van der Waals surface area contributed by atoms with Gasteiger partial charge in [-0.15, -0.1) is 0 Å². The third kappa shape index (κ3) is 4.11. The summed E-state index contributed by atoms with van der Waals surface area (Å²) >= 11 is 0. The number of nitrogens with zero attached hydrogens (tertiary/aromatic N) is 4. The molecule has 150 valence electrons. The number of nitrogens with one attached hydrogen (secondary N) is 1. The fourth-order valence-electron chi connectivity index (χ4n) is 4.62. The van der Waals surface area contributed by atoms with Crippen LogP contribution in [-0.4, -0.2) is 47.6 Å². The normalized spacial score (nSPS) is 20.4. The minimum absolute atomic E-state index is 0.428. The Morgan fingerprint density at radius 3 is 2.79 bits per heavy atom. The topological polar surface area (TPSA) is 44.3 Å². The van der Waals surface area contributed by atoms with Crippen LogP contribution in [0.3, 0.4) is 0 Å². The minimum Gasteiger partial charge on any atom is -0.369 e. The van der Waals surface area contributed by atoms with Crippen molar-refractivity contribution in [2.75, 3.05) is 37.6 Å². The number of hydrogen-bond acceptors (Lipinski definition) is 5. The molecule has 2 saturated heterocycles. The summed E-state index contributed by atoms with van der Waals surface area (Å²) < 4.78 is 0. The summed E-state index contributed by atoms with van der Waals surface area (Å²) in [6.07, 6.45) is 4.31. The Labute approximate surface area is 172 Å². The van der Waals surface area contributed by atoms with Crippen LogP contribution in [0.2, 0.25) is 0 Å². The Balaban J connectivity index is 1.24. The van der Waals surface area contributed by atoms with Crippen molar-refractivity contribution in [3.8, 4) is 0 Å². The van der Waals surface area contributed by atoms with Crippen LogP contribution in [0.4, 0.5) is 5.69 Å². The van der Waals surface area contributed by atoms with Gasteiger partial charge in [0.05, 0.1) is 11.2 Å². The molecule has 0 radical (unpaired) electrons. The number of benzene rings is 1. The average Bonchev–Trinajstić information content (AvgIpc) is 3.29. The van der Waals surface area contributed by atoms with Crippen molar-refractivity contribution >= 4 is 16.6 Å². The number of hydrogen-bond donors (Lipinski definition) is 1. The summed E-state index contributed by atoms with van der Waals surface area (Å²) in [4.78, 5) is 14.3. The summed E-state index contributed by atoms with van der Waals surface area (Å²) in [7, 11) is 0. The van der Waals surface area contributed by atoms with Crippen molar-refractivity contribution in [3.63, 3.8) is 0 Å². The average molecular weight is 388 g/mol. The molecule has 29 heavy (non-hydrogen) atoms. The van der Waals surface area contributed by atoms with E-state index in [2.05, 4.69) is 63.4 Å². The highest BCUT2D eigenvalue weighted by atomic mass is 15.3. The molecule has 1 atom stereocenters. The molecule has 5 rings (SSSR count). The van der Waals surface area contributed by atoms with Crippen molar-refractivity contribution < 1.29 is 0 Å². The van der Waals surface area contributed by atoms with E-state index in [9.17, 15) is 0 Å². The Kier molecular flexibility index (Phi) is 5.17. The van der Waals surface area contributed by atoms with Gasteiger partial charge in [0, 0.05) is 61.7 Å². The molecule has 4 heterocycles. The third-order valence-electron chi connectivity index (χ3n) is 6.19. The molecule has 2 aliphatic heterocycles. The van der Waals surface area contributed by atoms with E-state index in [0.29, 0.717) is 6.04 Å². The zero-order valence-corrected chi connectivity index (χ0v) is 17.1. The molecule has 2 aliphatic rings. The third-order valence-corrected chi connectivity index (χ3v) is 6.19. The Hall–Kier alpha value is -2.50.